The molecule has 0 saturated carbocycles. The first kappa shape index (κ1) is 14.4. The van der Waals surface area contributed by atoms with Gasteiger partial charge in [0.2, 0.25) is 0 Å². The maximum atomic E-state index is 9.84. The quantitative estimate of drug-likeness (QED) is 0.826. The number of thioether (sulfide) groups is 1. The minimum Gasteiger partial charge on any atom is -0.390 e. The average molecular weight is 280 g/mol. The average Bonchev–Trinajstić information content (AvgIpc) is 2.71. The van der Waals surface area contributed by atoms with Crippen LogP contribution in [0.3, 0.4) is 0 Å². The highest BCUT2D eigenvalue weighted by Crippen LogP contribution is 2.26. The normalized spacial score (nSPS) is 12.2. The summed E-state index contributed by atoms with van der Waals surface area (Å²) in [6.07, 6.45) is 0. The molecule has 0 bridgehead atoms. The van der Waals surface area contributed by atoms with Gasteiger partial charge in [-0.15, -0.1) is 0 Å². The van der Waals surface area contributed by atoms with Gasteiger partial charge in [0.05, 0.1) is 23.2 Å². The highest BCUT2D eigenvalue weighted by Gasteiger charge is 2.17. The van der Waals surface area contributed by atoms with E-state index in [2.05, 4.69) is 15.6 Å². The standard InChI is InChI=1S/C14H20N2O2S/c1-14(2,17)10-19-13-15-11-6-4-5-7-12(11)16(13)8-9-18-3/h4-7,17H,8-10H2,1-3H3. The summed E-state index contributed by atoms with van der Waals surface area (Å²) in [7, 11) is 1.70. The van der Waals surface area contributed by atoms with Gasteiger partial charge in [-0.2, -0.15) is 0 Å². The first-order valence-corrected chi connectivity index (χ1v) is 7.29. The molecule has 2 aromatic rings. The maximum absolute atomic E-state index is 9.84. The lowest BCUT2D eigenvalue weighted by Crippen LogP contribution is -2.22. The van der Waals surface area contributed by atoms with Crippen molar-refractivity contribution >= 4 is 22.8 Å². The van der Waals surface area contributed by atoms with Crippen molar-refractivity contribution in [1.82, 2.24) is 9.55 Å². The van der Waals surface area contributed by atoms with Crippen molar-refractivity contribution in [2.75, 3.05) is 19.5 Å². The van der Waals surface area contributed by atoms with Crippen LogP contribution < -0.4 is 0 Å². The Morgan fingerprint density at radius 2 is 2.11 bits per heavy atom. The van der Waals surface area contributed by atoms with Gasteiger partial charge < -0.3 is 14.4 Å². The van der Waals surface area contributed by atoms with Gasteiger partial charge in [0, 0.05) is 19.4 Å². The molecule has 0 aliphatic carbocycles. The zero-order valence-electron chi connectivity index (χ0n) is 11.6. The topological polar surface area (TPSA) is 47.3 Å². The summed E-state index contributed by atoms with van der Waals surface area (Å²) >= 11 is 1.58. The van der Waals surface area contributed by atoms with Crippen molar-refractivity contribution in [3.05, 3.63) is 24.3 Å². The highest BCUT2D eigenvalue weighted by molar-refractivity contribution is 7.99. The molecular formula is C14H20N2O2S. The van der Waals surface area contributed by atoms with Gasteiger partial charge in [0.25, 0.3) is 0 Å². The number of fused-ring (bicyclic) bond motifs is 1. The second kappa shape index (κ2) is 5.94. The molecular weight excluding hydrogens is 260 g/mol. The third-order valence-corrected chi connectivity index (χ3v) is 4.11. The Kier molecular flexibility index (Phi) is 4.50. The van der Waals surface area contributed by atoms with Crippen LogP contribution in [0.25, 0.3) is 11.0 Å². The van der Waals surface area contributed by atoms with Crippen LogP contribution >= 0.6 is 11.8 Å². The van der Waals surface area contributed by atoms with Gasteiger partial charge in [0.1, 0.15) is 0 Å². The molecule has 1 aromatic heterocycles. The monoisotopic (exact) mass is 280 g/mol. The summed E-state index contributed by atoms with van der Waals surface area (Å²) in [5.41, 5.74) is 1.39. The lowest BCUT2D eigenvalue weighted by Gasteiger charge is -2.16. The van der Waals surface area contributed by atoms with E-state index in [1.807, 2.05) is 32.0 Å². The van der Waals surface area contributed by atoms with Crippen LogP contribution in [0.4, 0.5) is 0 Å². The van der Waals surface area contributed by atoms with Gasteiger partial charge in [-0.1, -0.05) is 23.9 Å². The van der Waals surface area contributed by atoms with E-state index in [-0.39, 0.29) is 0 Å². The third-order valence-electron chi connectivity index (χ3n) is 2.69. The van der Waals surface area contributed by atoms with Crippen molar-refractivity contribution in [3.8, 4) is 0 Å². The molecule has 0 unspecified atom stereocenters. The molecule has 0 aliphatic heterocycles. The lowest BCUT2D eigenvalue weighted by atomic mass is 10.2. The summed E-state index contributed by atoms with van der Waals surface area (Å²) in [5, 5.41) is 10.8. The fourth-order valence-corrected chi connectivity index (χ4v) is 2.79. The van der Waals surface area contributed by atoms with E-state index in [0.717, 1.165) is 22.7 Å². The SMILES string of the molecule is COCCn1c(SCC(C)(C)O)nc2ccccc21. The van der Waals surface area contributed by atoms with E-state index >= 15 is 0 Å². The number of imidazole rings is 1. The van der Waals surface area contributed by atoms with Crippen molar-refractivity contribution in [3.63, 3.8) is 0 Å². The summed E-state index contributed by atoms with van der Waals surface area (Å²) in [6, 6.07) is 8.07. The largest absolute Gasteiger partial charge is 0.390 e. The maximum Gasteiger partial charge on any atom is 0.169 e. The molecule has 4 nitrogen and oxygen atoms in total. The van der Waals surface area contributed by atoms with Crippen LogP contribution in [0, 0.1) is 0 Å². The fourth-order valence-electron chi connectivity index (χ4n) is 1.80. The molecule has 0 fully saturated rings. The first-order valence-electron chi connectivity index (χ1n) is 6.30. The Bertz CT molecular complexity index is 546. The van der Waals surface area contributed by atoms with E-state index in [1.165, 1.54) is 0 Å². The van der Waals surface area contributed by atoms with Gasteiger partial charge in [0.15, 0.2) is 5.16 Å². The smallest absolute Gasteiger partial charge is 0.169 e. The van der Waals surface area contributed by atoms with Crippen LogP contribution in [0.2, 0.25) is 0 Å². The van der Waals surface area contributed by atoms with E-state index in [0.29, 0.717) is 12.4 Å². The fraction of sp³-hybridized carbons (Fsp3) is 0.500. The van der Waals surface area contributed by atoms with Crippen LogP contribution in [-0.4, -0.2) is 39.7 Å². The number of rotatable bonds is 6. The Balaban J connectivity index is 2.30. The van der Waals surface area contributed by atoms with Crippen LogP contribution in [0.5, 0.6) is 0 Å². The second-order valence-electron chi connectivity index (χ2n) is 5.13. The van der Waals surface area contributed by atoms with Crippen molar-refractivity contribution in [1.29, 1.82) is 0 Å². The Morgan fingerprint density at radius 1 is 1.37 bits per heavy atom. The third kappa shape index (κ3) is 3.72. The number of methoxy groups -OCH3 is 1. The molecule has 5 heteroatoms. The van der Waals surface area contributed by atoms with Crippen LogP contribution in [-0.2, 0) is 11.3 Å². The summed E-state index contributed by atoms with van der Waals surface area (Å²) in [5.74, 6) is 0.614. The number of aliphatic hydroxyl groups is 1. The highest BCUT2D eigenvalue weighted by atomic mass is 32.2. The number of hydrogen-bond donors (Lipinski definition) is 1. The Hall–Kier alpha value is -1.04. The number of para-hydroxylation sites is 2. The van der Waals surface area contributed by atoms with Gasteiger partial charge in [-0.3, -0.25) is 0 Å². The summed E-state index contributed by atoms with van der Waals surface area (Å²) < 4.78 is 7.31. The Labute approximate surface area is 117 Å². The predicted molar refractivity (Wildman–Crippen MR) is 78.6 cm³/mol. The Morgan fingerprint density at radius 3 is 2.79 bits per heavy atom. The number of ether oxygens (including phenoxy) is 1. The molecule has 0 saturated heterocycles. The van der Waals surface area contributed by atoms with Crippen molar-refractivity contribution in [2.45, 2.75) is 31.1 Å². The van der Waals surface area contributed by atoms with E-state index in [4.69, 9.17) is 4.74 Å². The molecule has 1 heterocycles. The number of aromatic nitrogens is 2. The number of hydrogen-bond acceptors (Lipinski definition) is 4. The first-order chi connectivity index (χ1) is 9.01. The second-order valence-corrected chi connectivity index (χ2v) is 6.07. The van der Waals surface area contributed by atoms with E-state index < -0.39 is 5.60 Å². The molecule has 1 aromatic carbocycles. The molecule has 104 valence electrons. The molecule has 0 atom stereocenters. The summed E-state index contributed by atoms with van der Waals surface area (Å²) in [6.45, 7) is 5.03. The molecule has 2 rings (SSSR count). The zero-order valence-corrected chi connectivity index (χ0v) is 12.4. The molecule has 1 N–H and O–H groups in total. The lowest BCUT2D eigenvalue weighted by molar-refractivity contribution is 0.107. The minimum absolute atomic E-state index is 0.614. The molecule has 0 amide bonds. The minimum atomic E-state index is -0.700. The summed E-state index contributed by atoms with van der Waals surface area (Å²) in [4.78, 5) is 4.63. The molecule has 0 aliphatic rings. The van der Waals surface area contributed by atoms with Crippen molar-refractivity contribution < 1.29 is 9.84 Å². The van der Waals surface area contributed by atoms with Gasteiger partial charge in [-0.05, 0) is 26.0 Å². The van der Waals surface area contributed by atoms with E-state index in [9.17, 15) is 5.11 Å². The van der Waals surface area contributed by atoms with Gasteiger partial charge in [-0.25, -0.2) is 4.98 Å². The number of benzene rings is 1. The van der Waals surface area contributed by atoms with Crippen LogP contribution in [0.15, 0.2) is 29.4 Å². The molecule has 19 heavy (non-hydrogen) atoms. The number of nitrogens with zero attached hydrogens (tertiary/aromatic N) is 2. The van der Waals surface area contributed by atoms with Crippen molar-refractivity contribution in [2.24, 2.45) is 0 Å². The van der Waals surface area contributed by atoms with Gasteiger partial charge >= 0.3 is 0 Å². The molecule has 0 spiro atoms. The van der Waals surface area contributed by atoms with E-state index in [1.54, 1.807) is 18.9 Å². The molecule has 0 radical (unpaired) electrons. The zero-order chi connectivity index (χ0) is 13.9. The predicted octanol–water partition coefficient (Wildman–Crippen LogP) is 2.55. The van der Waals surface area contributed by atoms with Crippen LogP contribution in [0.1, 0.15) is 13.8 Å².